The van der Waals surface area contributed by atoms with E-state index in [0.29, 0.717) is 0 Å². The average molecular weight is 221 g/mol. The molecule has 0 bridgehead atoms. The van der Waals surface area contributed by atoms with Gasteiger partial charge in [0.2, 0.25) is 0 Å². The Hall–Kier alpha value is -1.06. The van der Waals surface area contributed by atoms with Crippen molar-refractivity contribution in [1.82, 2.24) is 0 Å². The molecule has 3 heteroatoms. The Kier molecular flexibility index (Phi) is 3.46. The molecule has 1 fully saturated rings. The predicted octanol–water partition coefficient (Wildman–Crippen LogP) is 1.96. The minimum atomic E-state index is 0.0857. The summed E-state index contributed by atoms with van der Waals surface area (Å²) in [4.78, 5) is 0. The van der Waals surface area contributed by atoms with Crippen molar-refractivity contribution in [1.29, 1.82) is 0 Å². The lowest BCUT2D eigenvalue weighted by molar-refractivity contribution is 0.0136. The number of hydrogen-bond acceptors (Lipinski definition) is 3. The van der Waals surface area contributed by atoms with E-state index in [1.54, 1.807) is 7.11 Å². The summed E-state index contributed by atoms with van der Waals surface area (Å²) in [5.41, 5.74) is 8.03. The van der Waals surface area contributed by atoms with Crippen molar-refractivity contribution in [2.75, 3.05) is 32.7 Å². The van der Waals surface area contributed by atoms with Crippen LogP contribution in [0.4, 0.5) is 5.69 Å². The van der Waals surface area contributed by atoms with Gasteiger partial charge in [-0.05, 0) is 30.5 Å². The van der Waals surface area contributed by atoms with Gasteiger partial charge in [0.15, 0.2) is 0 Å². The average Bonchev–Trinajstić information content (AvgIpc) is 2.31. The summed E-state index contributed by atoms with van der Waals surface area (Å²) in [7, 11) is 1.75. The van der Waals surface area contributed by atoms with Gasteiger partial charge in [-0.15, -0.1) is 0 Å². The zero-order valence-corrected chi connectivity index (χ0v) is 9.74. The van der Waals surface area contributed by atoms with Crippen LogP contribution in [0, 0.1) is 0 Å². The summed E-state index contributed by atoms with van der Waals surface area (Å²) in [6.07, 6.45) is 2.01. The van der Waals surface area contributed by atoms with Crippen LogP contribution in [0.25, 0.3) is 0 Å². The van der Waals surface area contributed by atoms with Gasteiger partial charge >= 0.3 is 0 Å². The Morgan fingerprint density at radius 3 is 2.75 bits per heavy atom. The molecule has 0 saturated carbocycles. The van der Waals surface area contributed by atoms with Crippen LogP contribution in [-0.2, 0) is 14.9 Å². The highest BCUT2D eigenvalue weighted by Crippen LogP contribution is 2.35. The van der Waals surface area contributed by atoms with Crippen molar-refractivity contribution in [2.24, 2.45) is 0 Å². The number of nitrogens with two attached hydrogens (primary N) is 1. The first kappa shape index (κ1) is 11.4. The number of methoxy groups -OCH3 is 1. The Morgan fingerprint density at radius 1 is 1.38 bits per heavy atom. The third-order valence-corrected chi connectivity index (χ3v) is 3.37. The quantitative estimate of drug-likeness (QED) is 0.794. The molecule has 0 amide bonds. The lowest BCUT2D eigenvalue weighted by Crippen LogP contribution is -2.38. The minimum absolute atomic E-state index is 0.0857. The predicted molar refractivity (Wildman–Crippen MR) is 64.5 cm³/mol. The van der Waals surface area contributed by atoms with Crippen molar-refractivity contribution < 1.29 is 9.47 Å². The second-order valence-corrected chi connectivity index (χ2v) is 4.45. The maximum atomic E-state index is 5.85. The van der Waals surface area contributed by atoms with E-state index in [-0.39, 0.29) is 5.41 Å². The zero-order chi connectivity index (χ0) is 11.4. The van der Waals surface area contributed by atoms with Crippen LogP contribution in [0.5, 0.6) is 0 Å². The molecule has 0 spiro atoms. The number of rotatable bonds is 3. The molecule has 88 valence electrons. The summed E-state index contributed by atoms with van der Waals surface area (Å²) < 4.78 is 10.8. The fourth-order valence-electron chi connectivity index (χ4n) is 2.42. The molecule has 1 aliphatic heterocycles. The molecule has 1 aromatic rings. The zero-order valence-electron chi connectivity index (χ0n) is 9.74. The molecule has 3 nitrogen and oxygen atoms in total. The molecule has 1 aromatic carbocycles. The summed E-state index contributed by atoms with van der Waals surface area (Å²) in [5, 5.41) is 0. The standard InChI is InChI=1S/C13H19NO2/c1-15-10-13(5-7-16-8-6-13)11-3-2-4-12(14)9-11/h2-4,9H,5-8,10,14H2,1H3. The van der Waals surface area contributed by atoms with E-state index in [9.17, 15) is 0 Å². The summed E-state index contributed by atoms with van der Waals surface area (Å²) in [6, 6.07) is 8.13. The molecule has 1 heterocycles. The van der Waals surface area contributed by atoms with Gasteiger partial charge in [0.05, 0.1) is 6.61 Å². The molecular formula is C13H19NO2. The topological polar surface area (TPSA) is 44.5 Å². The lowest BCUT2D eigenvalue weighted by Gasteiger charge is -2.37. The fraction of sp³-hybridized carbons (Fsp3) is 0.538. The first-order chi connectivity index (χ1) is 7.77. The van der Waals surface area contributed by atoms with E-state index in [2.05, 4.69) is 12.1 Å². The highest BCUT2D eigenvalue weighted by atomic mass is 16.5. The fourth-order valence-corrected chi connectivity index (χ4v) is 2.42. The van der Waals surface area contributed by atoms with E-state index in [1.165, 1.54) is 5.56 Å². The Bertz CT molecular complexity index is 340. The van der Waals surface area contributed by atoms with Crippen molar-refractivity contribution >= 4 is 5.69 Å². The Morgan fingerprint density at radius 2 is 2.12 bits per heavy atom. The van der Waals surface area contributed by atoms with Gasteiger partial charge in [-0.2, -0.15) is 0 Å². The Labute approximate surface area is 96.5 Å². The second-order valence-electron chi connectivity index (χ2n) is 4.45. The number of benzene rings is 1. The molecule has 2 N–H and O–H groups in total. The molecule has 2 rings (SSSR count). The number of ether oxygens (including phenoxy) is 2. The normalized spacial score (nSPS) is 19.6. The molecule has 0 aromatic heterocycles. The van der Waals surface area contributed by atoms with E-state index < -0.39 is 0 Å². The van der Waals surface area contributed by atoms with Crippen LogP contribution >= 0.6 is 0 Å². The van der Waals surface area contributed by atoms with Crippen LogP contribution in [-0.4, -0.2) is 26.9 Å². The molecular weight excluding hydrogens is 202 g/mol. The molecule has 1 saturated heterocycles. The van der Waals surface area contributed by atoms with Gasteiger partial charge < -0.3 is 15.2 Å². The van der Waals surface area contributed by atoms with Crippen molar-refractivity contribution in [3.8, 4) is 0 Å². The molecule has 0 unspecified atom stereocenters. The van der Waals surface area contributed by atoms with Crippen LogP contribution in [0.15, 0.2) is 24.3 Å². The Balaban J connectivity index is 2.30. The second kappa shape index (κ2) is 4.85. The minimum Gasteiger partial charge on any atom is -0.399 e. The number of hydrogen-bond donors (Lipinski definition) is 1. The third kappa shape index (κ3) is 2.20. The van der Waals surface area contributed by atoms with Gasteiger partial charge in [0.25, 0.3) is 0 Å². The maximum absolute atomic E-state index is 5.85. The van der Waals surface area contributed by atoms with E-state index in [4.69, 9.17) is 15.2 Å². The van der Waals surface area contributed by atoms with Crippen LogP contribution in [0.2, 0.25) is 0 Å². The first-order valence-electron chi connectivity index (χ1n) is 5.69. The van der Waals surface area contributed by atoms with E-state index in [1.807, 2.05) is 12.1 Å². The highest BCUT2D eigenvalue weighted by molar-refractivity contribution is 5.43. The number of nitrogen functional groups attached to an aromatic ring is 1. The molecule has 0 aliphatic carbocycles. The van der Waals surface area contributed by atoms with Crippen LogP contribution in [0.1, 0.15) is 18.4 Å². The van der Waals surface area contributed by atoms with Crippen molar-refractivity contribution in [3.05, 3.63) is 29.8 Å². The largest absolute Gasteiger partial charge is 0.399 e. The molecule has 0 radical (unpaired) electrons. The van der Waals surface area contributed by atoms with Gasteiger partial charge in [-0.25, -0.2) is 0 Å². The third-order valence-electron chi connectivity index (χ3n) is 3.37. The van der Waals surface area contributed by atoms with Crippen molar-refractivity contribution in [3.63, 3.8) is 0 Å². The highest BCUT2D eigenvalue weighted by Gasteiger charge is 2.34. The summed E-state index contributed by atoms with van der Waals surface area (Å²) in [5.74, 6) is 0. The van der Waals surface area contributed by atoms with Crippen LogP contribution < -0.4 is 5.73 Å². The van der Waals surface area contributed by atoms with Gasteiger partial charge in [-0.1, -0.05) is 12.1 Å². The smallest absolute Gasteiger partial charge is 0.0560 e. The SMILES string of the molecule is COCC1(c2cccc(N)c2)CCOCC1. The van der Waals surface area contributed by atoms with Gasteiger partial charge in [-0.3, -0.25) is 0 Å². The first-order valence-corrected chi connectivity index (χ1v) is 5.69. The molecule has 1 aliphatic rings. The maximum Gasteiger partial charge on any atom is 0.0560 e. The van der Waals surface area contributed by atoms with Gasteiger partial charge in [0.1, 0.15) is 0 Å². The van der Waals surface area contributed by atoms with Crippen molar-refractivity contribution in [2.45, 2.75) is 18.3 Å². The summed E-state index contributed by atoms with van der Waals surface area (Å²) >= 11 is 0. The number of anilines is 1. The van der Waals surface area contributed by atoms with Gasteiger partial charge in [0, 0.05) is 31.4 Å². The van der Waals surface area contributed by atoms with E-state index in [0.717, 1.165) is 38.3 Å². The lowest BCUT2D eigenvalue weighted by atomic mass is 9.75. The van der Waals surface area contributed by atoms with E-state index >= 15 is 0 Å². The summed E-state index contributed by atoms with van der Waals surface area (Å²) in [6.45, 7) is 2.34. The molecule has 0 atom stereocenters. The molecule has 16 heavy (non-hydrogen) atoms. The van der Waals surface area contributed by atoms with Crippen LogP contribution in [0.3, 0.4) is 0 Å². The monoisotopic (exact) mass is 221 g/mol.